The van der Waals surface area contributed by atoms with Crippen LogP contribution >= 0.6 is 0 Å². The first-order chi connectivity index (χ1) is 14.0. The molecule has 0 aromatic heterocycles. The Hall–Kier alpha value is -2.74. The maximum absolute atomic E-state index is 12.3. The number of benzene rings is 1. The highest BCUT2D eigenvalue weighted by atomic mass is 16.7. The van der Waals surface area contributed by atoms with E-state index in [9.17, 15) is 9.59 Å². The molecule has 0 N–H and O–H groups in total. The van der Waals surface area contributed by atoms with Crippen molar-refractivity contribution < 1.29 is 38.0 Å². The Balaban J connectivity index is 1.93. The highest BCUT2D eigenvalue weighted by molar-refractivity contribution is 5.90. The highest BCUT2D eigenvalue weighted by Gasteiger charge is 2.48. The zero-order valence-corrected chi connectivity index (χ0v) is 18.2. The number of hydrogen-bond donors (Lipinski definition) is 0. The van der Waals surface area contributed by atoms with Gasteiger partial charge in [0, 0.05) is 33.6 Å². The summed E-state index contributed by atoms with van der Waals surface area (Å²) in [4.78, 5) is 24.2. The normalized spacial score (nSPS) is 27.4. The summed E-state index contributed by atoms with van der Waals surface area (Å²) < 4.78 is 35.2. The van der Waals surface area contributed by atoms with Crippen LogP contribution in [0.2, 0.25) is 0 Å². The number of aldehydes is 1. The molecule has 8 heteroatoms. The number of hydrogen-bond acceptors (Lipinski definition) is 8. The van der Waals surface area contributed by atoms with Crippen LogP contribution in [0.1, 0.15) is 63.6 Å². The first-order valence-corrected chi connectivity index (χ1v) is 9.84. The van der Waals surface area contributed by atoms with E-state index in [-0.39, 0.29) is 23.0 Å². The number of esters is 1. The van der Waals surface area contributed by atoms with Gasteiger partial charge in [-0.2, -0.15) is 0 Å². The van der Waals surface area contributed by atoms with Crippen LogP contribution in [-0.4, -0.2) is 37.0 Å². The number of carbonyl (C=O) groups is 2. The second-order valence-corrected chi connectivity index (χ2v) is 8.70. The van der Waals surface area contributed by atoms with E-state index in [4.69, 9.17) is 28.4 Å². The van der Waals surface area contributed by atoms with Gasteiger partial charge in [-0.05, 0) is 12.5 Å². The number of fused-ring (bicyclic) bond motifs is 2. The maximum atomic E-state index is 12.3. The van der Waals surface area contributed by atoms with Gasteiger partial charge in [0.1, 0.15) is 5.56 Å². The average Bonchev–Trinajstić information content (AvgIpc) is 3.13. The maximum Gasteiger partial charge on any atom is 0.339 e. The summed E-state index contributed by atoms with van der Waals surface area (Å²) in [6.45, 7) is 10.8. The van der Waals surface area contributed by atoms with Gasteiger partial charge >= 0.3 is 5.97 Å². The standard InChI is InChI=1S/C22H26O8/c1-10-8-11(2)15(20(24)25-7)26-14(10)13-18-16(27-21(3,4)29-18)12(9-23)17-19(13)30-22(5,6)28-17/h8-10,14-15H,1-7H3/t10-,14-,15-/m0/s1. The zero-order chi connectivity index (χ0) is 22.0. The minimum absolute atomic E-state index is 0.124. The van der Waals surface area contributed by atoms with E-state index in [0.29, 0.717) is 23.3 Å². The first kappa shape index (κ1) is 20.5. The van der Waals surface area contributed by atoms with Gasteiger partial charge in [-0.15, -0.1) is 0 Å². The van der Waals surface area contributed by atoms with Crippen LogP contribution in [-0.2, 0) is 14.3 Å². The van der Waals surface area contributed by atoms with E-state index in [1.54, 1.807) is 27.7 Å². The molecule has 0 fully saturated rings. The monoisotopic (exact) mass is 418 g/mol. The molecule has 0 aliphatic carbocycles. The Morgan fingerprint density at radius 2 is 1.50 bits per heavy atom. The van der Waals surface area contributed by atoms with E-state index in [1.165, 1.54) is 7.11 Å². The van der Waals surface area contributed by atoms with Gasteiger partial charge in [0.2, 0.25) is 11.6 Å². The van der Waals surface area contributed by atoms with Crippen LogP contribution in [0.3, 0.4) is 0 Å². The topological polar surface area (TPSA) is 89.5 Å². The number of carbonyl (C=O) groups excluding carboxylic acids is 2. The van der Waals surface area contributed by atoms with Crippen LogP contribution in [0.15, 0.2) is 11.6 Å². The highest BCUT2D eigenvalue weighted by Crippen LogP contribution is 2.60. The van der Waals surface area contributed by atoms with Crippen molar-refractivity contribution in [3.05, 3.63) is 22.8 Å². The molecule has 0 bridgehead atoms. The summed E-state index contributed by atoms with van der Waals surface area (Å²) in [6, 6.07) is 0. The van der Waals surface area contributed by atoms with Gasteiger partial charge in [-0.25, -0.2) is 4.79 Å². The predicted octanol–water partition coefficient (Wildman–Crippen LogP) is 3.71. The minimum Gasteiger partial charge on any atom is -0.467 e. The van der Waals surface area contributed by atoms with Crippen LogP contribution < -0.4 is 18.9 Å². The Labute approximate surface area is 175 Å². The Morgan fingerprint density at radius 3 is 1.97 bits per heavy atom. The van der Waals surface area contributed by atoms with Gasteiger partial charge in [0.25, 0.3) is 0 Å². The molecule has 30 heavy (non-hydrogen) atoms. The summed E-state index contributed by atoms with van der Waals surface area (Å²) >= 11 is 0. The van der Waals surface area contributed by atoms with Crippen molar-refractivity contribution in [1.82, 2.24) is 0 Å². The second-order valence-electron chi connectivity index (χ2n) is 8.70. The van der Waals surface area contributed by atoms with E-state index >= 15 is 0 Å². The lowest BCUT2D eigenvalue weighted by Crippen LogP contribution is -2.35. The quantitative estimate of drug-likeness (QED) is 0.417. The summed E-state index contributed by atoms with van der Waals surface area (Å²) in [5, 5.41) is 0. The SMILES string of the molecule is COC(=O)[C@H]1O[C@H](c2c3c(c(C=O)c4c2OC(C)(C)O4)OC(C)(C)O3)[C@@H](C)C=C1C. The largest absolute Gasteiger partial charge is 0.467 e. The summed E-state index contributed by atoms with van der Waals surface area (Å²) in [6.07, 6.45) is 1.16. The lowest BCUT2D eigenvalue weighted by atomic mass is 9.88. The molecule has 1 aromatic rings. The van der Waals surface area contributed by atoms with Crippen LogP contribution in [0, 0.1) is 5.92 Å². The summed E-state index contributed by atoms with van der Waals surface area (Å²) in [5.41, 5.74) is 1.53. The zero-order valence-electron chi connectivity index (χ0n) is 18.2. The molecule has 0 unspecified atom stereocenters. The van der Waals surface area contributed by atoms with E-state index in [0.717, 1.165) is 5.57 Å². The predicted molar refractivity (Wildman–Crippen MR) is 105 cm³/mol. The number of rotatable bonds is 3. The third-order valence-electron chi connectivity index (χ3n) is 5.30. The average molecular weight is 418 g/mol. The number of methoxy groups -OCH3 is 1. The van der Waals surface area contributed by atoms with Gasteiger partial charge < -0.3 is 28.4 Å². The molecular weight excluding hydrogens is 392 g/mol. The molecule has 3 aliphatic rings. The van der Waals surface area contributed by atoms with Gasteiger partial charge in [-0.3, -0.25) is 4.79 Å². The second kappa shape index (κ2) is 6.63. The van der Waals surface area contributed by atoms with Crippen molar-refractivity contribution in [2.75, 3.05) is 7.11 Å². The first-order valence-electron chi connectivity index (χ1n) is 9.84. The van der Waals surface area contributed by atoms with E-state index in [1.807, 2.05) is 19.9 Å². The van der Waals surface area contributed by atoms with Gasteiger partial charge in [0.05, 0.1) is 18.8 Å². The van der Waals surface area contributed by atoms with E-state index in [2.05, 4.69) is 0 Å². The van der Waals surface area contributed by atoms with Crippen molar-refractivity contribution in [3.8, 4) is 23.0 Å². The fourth-order valence-corrected chi connectivity index (χ4v) is 4.14. The molecule has 4 rings (SSSR count). The molecule has 0 amide bonds. The summed E-state index contributed by atoms with van der Waals surface area (Å²) in [7, 11) is 1.32. The fraction of sp³-hybridized carbons (Fsp3) is 0.545. The van der Waals surface area contributed by atoms with Crippen LogP contribution in [0.5, 0.6) is 23.0 Å². The smallest absolute Gasteiger partial charge is 0.339 e. The molecule has 3 heterocycles. The molecule has 3 atom stereocenters. The van der Waals surface area contributed by atoms with Gasteiger partial charge in [-0.1, -0.05) is 13.0 Å². The Morgan fingerprint density at radius 1 is 1.00 bits per heavy atom. The Kier molecular flexibility index (Phi) is 4.54. The molecule has 3 aliphatic heterocycles. The molecule has 0 saturated heterocycles. The third kappa shape index (κ3) is 3.10. The van der Waals surface area contributed by atoms with Crippen LogP contribution in [0.25, 0.3) is 0 Å². The third-order valence-corrected chi connectivity index (χ3v) is 5.30. The molecule has 1 aromatic carbocycles. The van der Waals surface area contributed by atoms with Crippen LogP contribution in [0.4, 0.5) is 0 Å². The minimum atomic E-state index is -0.995. The molecular formula is C22H26O8. The molecule has 0 spiro atoms. The Bertz CT molecular complexity index is 913. The van der Waals surface area contributed by atoms with Crippen molar-refractivity contribution in [3.63, 3.8) is 0 Å². The molecule has 162 valence electrons. The number of ether oxygens (including phenoxy) is 6. The van der Waals surface area contributed by atoms with Crippen molar-refractivity contribution >= 4 is 12.3 Å². The lowest BCUT2D eigenvalue weighted by molar-refractivity contribution is -0.158. The molecule has 0 saturated carbocycles. The van der Waals surface area contributed by atoms with Crippen molar-refractivity contribution in [1.29, 1.82) is 0 Å². The summed E-state index contributed by atoms with van der Waals surface area (Å²) in [5.74, 6) is -1.33. The lowest BCUT2D eigenvalue weighted by Gasteiger charge is -2.33. The molecule has 0 radical (unpaired) electrons. The fourth-order valence-electron chi connectivity index (χ4n) is 4.14. The van der Waals surface area contributed by atoms with Gasteiger partial charge in [0.15, 0.2) is 35.4 Å². The van der Waals surface area contributed by atoms with Crippen molar-refractivity contribution in [2.45, 2.75) is 65.3 Å². The molecule has 8 nitrogen and oxygen atoms in total. The van der Waals surface area contributed by atoms with Crippen molar-refractivity contribution in [2.24, 2.45) is 5.92 Å². The van der Waals surface area contributed by atoms with E-state index < -0.39 is 29.8 Å².